The van der Waals surface area contributed by atoms with Crippen molar-refractivity contribution in [1.29, 1.82) is 0 Å². The molecule has 0 spiro atoms. The zero-order chi connectivity index (χ0) is 11.4. The van der Waals surface area contributed by atoms with E-state index in [4.69, 9.17) is 16.3 Å². The lowest BCUT2D eigenvalue weighted by Crippen LogP contribution is -2.36. The first-order chi connectivity index (χ1) is 7.81. The summed E-state index contributed by atoms with van der Waals surface area (Å²) in [5.41, 5.74) is 0. The molecule has 1 aliphatic carbocycles. The van der Waals surface area contributed by atoms with E-state index in [1.165, 1.54) is 12.8 Å². The van der Waals surface area contributed by atoms with Gasteiger partial charge in [0.15, 0.2) is 0 Å². The molecule has 0 amide bonds. The number of hydrogen-bond acceptors (Lipinski definition) is 2. The Labute approximate surface area is 102 Å². The van der Waals surface area contributed by atoms with E-state index in [1.54, 1.807) is 0 Å². The van der Waals surface area contributed by atoms with E-state index in [2.05, 4.69) is 12.2 Å². The molecular formula is C13H18ClNO. The standard InChI is InChI=1S/C13H18ClNO/c1-2-15-12(10-7-8-10)9-16-13-6-4-3-5-11(13)14/h3-6,10,12,15H,2,7-9H2,1H3. The highest BCUT2D eigenvalue weighted by Crippen LogP contribution is 2.33. The number of hydrogen-bond donors (Lipinski definition) is 1. The third-order valence-corrected chi connectivity index (χ3v) is 3.22. The summed E-state index contributed by atoms with van der Waals surface area (Å²) in [5, 5.41) is 4.15. The number of halogens is 1. The molecule has 88 valence electrons. The smallest absolute Gasteiger partial charge is 0.137 e. The molecule has 1 N–H and O–H groups in total. The van der Waals surface area contributed by atoms with Crippen LogP contribution in [0.15, 0.2) is 24.3 Å². The van der Waals surface area contributed by atoms with Crippen molar-refractivity contribution in [3.8, 4) is 5.75 Å². The molecule has 16 heavy (non-hydrogen) atoms. The maximum absolute atomic E-state index is 6.03. The van der Waals surface area contributed by atoms with Crippen LogP contribution in [0.5, 0.6) is 5.75 Å². The topological polar surface area (TPSA) is 21.3 Å². The molecule has 1 aromatic carbocycles. The third kappa shape index (κ3) is 3.13. The van der Waals surface area contributed by atoms with Crippen LogP contribution in [0.1, 0.15) is 19.8 Å². The fraction of sp³-hybridized carbons (Fsp3) is 0.538. The first kappa shape index (κ1) is 11.7. The summed E-state index contributed by atoms with van der Waals surface area (Å²) in [7, 11) is 0. The third-order valence-electron chi connectivity index (χ3n) is 2.91. The van der Waals surface area contributed by atoms with Gasteiger partial charge in [0, 0.05) is 6.04 Å². The summed E-state index contributed by atoms with van der Waals surface area (Å²) < 4.78 is 5.76. The summed E-state index contributed by atoms with van der Waals surface area (Å²) in [4.78, 5) is 0. The average molecular weight is 240 g/mol. The van der Waals surface area contributed by atoms with Gasteiger partial charge in [-0.3, -0.25) is 0 Å². The van der Waals surface area contributed by atoms with Crippen molar-refractivity contribution < 1.29 is 4.74 Å². The second-order valence-electron chi connectivity index (χ2n) is 4.24. The lowest BCUT2D eigenvalue weighted by Gasteiger charge is -2.18. The summed E-state index contributed by atoms with van der Waals surface area (Å²) in [6, 6.07) is 8.11. The van der Waals surface area contributed by atoms with E-state index in [0.717, 1.165) is 18.2 Å². The molecule has 1 saturated carbocycles. The number of para-hydroxylation sites is 1. The van der Waals surface area contributed by atoms with Crippen LogP contribution < -0.4 is 10.1 Å². The molecular weight excluding hydrogens is 222 g/mol. The van der Waals surface area contributed by atoms with Crippen molar-refractivity contribution in [3.63, 3.8) is 0 Å². The van der Waals surface area contributed by atoms with Gasteiger partial charge in [0.05, 0.1) is 5.02 Å². The largest absolute Gasteiger partial charge is 0.490 e. The van der Waals surface area contributed by atoms with E-state index in [-0.39, 0.29) is 0 Å². The Hall–Kier alpha value is -0.730. The summed E-state index contributed by atoms with van der Waals surface area (Å²) in [5.74, 6) is 1.58. The molecule has 2 nitrogen and oxygen atoms in total. The molecule has 0 heterocycles. The van der Waals surface area contributed by atoms with Crippen LogP contribution in [-0.4, -0.2) is 19.2 Å². The molecule has 0 aromatic heterocycles. The average Bonchev–Trinajstić information content (AvgIpc) is 3.10. The van der Waals surface area contributed by atoms with Crippen molar-refractivity contribution in [1.82, 2.24) is 5.32 Å². The van der Waals surface area contributed by atoms with Gasteiger partial charge in [-0.15, -0.1) is 0 Å². The lowest BCUT2D eigenvalue weighted by atomic mass is 10.2. The molecule has 0 radical (unpaired) electrons. The number of likely N-dealkylation sites (N-methyl/N-ethyl adjacent to an activating group) is 1. The minimum atomic E-state index is 0.473. The zero-order valence-corrected chi connectivity index (χ0v) is 10.3. The van der Waals surface area contributed by atoms with Crippen LogP contribution in [0.25, 0.3) is 0 Å². The molecule has 0 aliphatic heterocycles. The first-order valence-electron chi connectivity index (χ1n) is 5.92. The van der Waals surface area contributed by atoms with E-state index in [1.807, 2.05) is 24.3 Å². The van der Waals surface area contributed by atoms with Crippen LogP contribution in [0, 0.1) is 5.92 Å². The Morgan fingerprint density at radius 3 is 2.81 bits per heavy atom. The van der Waals surface area contributed by atoms with Gasteiger partial charge in [0.2, 0.25) is 0 Å². The monoisotopic (exact) mass is 239 g/mol. The van der Waals surface area contributed by atoms with Crippen molar-refractivity contribution >= 4 is 11.6 Å². The number of nitrogens with one attached hydrogen (secondary N) is 1. The fourth-order valence-electron chi connectivity index (χ4n) is 1.86. The van der Waals surface area contributed by atoms with Crippen LogP contribution in [0.3, 0.4) is 0 Å². The van der Waals surface area contributed by atoms with Gasteiger partial charge in [-0.2, -0.15) is 0 Å². The van der Waals surface area contributed by atoms with Crippen molar-refractivity contribution in [2.24, 2.45) is 5.92 Å². The molecule has 3 heteroatoms. The summed E-state index contributed by atoms with van der Waals surface area (Å²) in [6.45, 7) is 3.83. The van der Waals surface area contributed by atoms with Gasteiger partial charge < -0.3 is 10.1 Å². The molecule has 1 aromatic rings. The normalized spacial score (nSPS) is 17.1. The van der Waals surface area contributed by atoms with Crippen molar-refractivity contribution in [2.75, 3.05) is 13.2 Å². The second kappa shape index (κ2) is 5.55. The fourth-order valence-corrected chi connectivity index (χ4v) is 2.05. The highest BCUT2D eigenvalue weighted by Gasteiger charge is 2.31. The van der Waals surface area contributed by atoms with Crippen LogP contribution in [0.4, 0.5) is 0 Å². The van der Waals surface area contributed by atoms with Gasteiger partial charge >= 0.3 is 0 Å². The van der Waals surface area contributed by atoms with E-state index in [9.17, 15) is 0 Å². The predicted molar refractivity (Wildman–Crippen MR) is 67.1 cm³/mol. The quantitative estimate of drug-likeness (QED) is 0.824. The predicted octanol–water partition coefficient (Wildman–Crippen LogP) is 3.11. The van der Waals surface area contributed by atoms with Crippen LogP contribution >= 0.6 is 11.6 Å². The highest BCUT2D eigenvalue weighted by molar-refractivity contribution is 6.32. The minimum Gasteiger partial charge on any atom is -0.490 e. The number of rotatable bonds is 6. The Morgan fingerprint density at radius 1 is 1.44 bits per heavy atom. The Bertz CT molecular complexity index is 338. The number of benzene rings is 1. The SMILES string of the molecule is CCNC(COc1ccccc1Cl)C1CC1. The van der Waals surface area contributed by atoms with Crippen LogP contribution in [0.2, 0.25) is 5.02 Å². The van der Waals surface area contributed by atoms with E-state index >= 15 is 0 Å². The zero-order valence-electron chi connectivity index (χ0n) is 9.58. The first-order valence-corrected chi connectivity index (χ1v) is 6.29. The minimum absolute atomic E-state index is 0.473. The number of ether oxygens (including phenoxy) is 1. The van der Waals surface area contributed by atoms with Gasteiger partial charge in [-0.05, 0) is 37.4 Å². The van der Waals surface area contributed by atoms with Crippen molar-refractivity contribution in [3.05, 3.63) is 29.3 Å². The molecule has 1 atom stereocenters. The highest BCUT2D eigenvalue weighted by atomic mass is 35.5. The molecule has 0 bridgehead atoms. The van der Waals surface area contributed by atoms with E-state index < -0.39 is 0 Å². The molecule has 1 fully saturated rings. The molecule has 1 unspecified atom stereocenters. The van der Waals surface area contributed by atoms with Crippen LogP contribution in [-0.2, 0) is 0 Å². The van der Waals surface area contributed by atoms with Gasteiger partial charge in [0.1, 0.15) is 12.4 Å². The Kier molecular flexibility index (Phi) is 4.08. The Balaban J connectivity index is 1.87. The van der Waals surface area contributed by atoms with Gasteiger partial charge in [-0.1, -0.05) is 30.7 Å². The molecule has 0 saturated heterocycles. The Morgan fingerprint density at radius 2 is 2.19 bits per heavy atom. The summed E-state index contributed by atoms with van der Waals surface area (Å²) >= 11 is 6.03. The van der Waals surface area contributed by atoms with E-state index in [0.29, 0.717) is 17.7 Å². The van der Waals surface area contributed by atoms with Gasteiger partial charge in [-0.25, -0.2) is 0 Å². The maximum atomic E-state index is 6.03. The lowest BCUT2D eigenvalue weighted by molar-refractivity contribution is 0.251. The molecule has 1 aliphatic rings. The van der Waals surface area contributed by atoms with Gasteiger partial charge in [0.25, 0.3) is 0 Å². The summed E-state index contributed by atoms with van der Waals surface area (Å²) in [6.07, 6.45) is 2.65. The van der Waals surface area contributed by atoms with Crippen molar-refractivity contribution in [2.45, 2.75) is 25.8 Å². The maximum Gasteiger partial charge on any atom is 0.137 e. The second-order valence-corrected chi connectivity index (χ2v) is 4.65. The molecule has 2 rings (SSSR count).